The van der Waals surface area contributed by atoms with Crippen LogP contribution in [0.4, 0.5) is 5.95 Å². The van der Waals surface area contributed by atoms with Gasteiger partial charge in [-0.1, -0.05) is 0 Å². The van der Waals surface area contributed by atoms with Crippen molar-refractivity contribution in [1.29, 1.82) is 0 Å². The molecule has 0 bridgehead atoms. The number of aliphatic hydroxyl groups is 2. The molecule has 0 unspecified atom stereocenters. The first-order valence-electron chi connectivity index (χ1n) is 5.58. The van der Waals surface area contributed by atoms with Crippen LogP contribution in [0, 0.1) is 5.92 Å². The van der Waals surface area contributed by atoms with E-state index in [4.69, 9.17) is 15.9 Å². The standard InChI is InChI=1S/C10H15N5O3.K/c11-10-13-8-7(9(18)14-10)12-5-15(8)2-1-6(3-16)4-17;/h5-6,16-17H,1-4H2,(H3,11,13,14,18);/q;+1. The molecule has 19 heavy (non-hydrogen) atoms. The topological polar surface area (TPSA) is 130 Å². The van der Waals surface area contributed by atoms with Crippen molar-refractivity contribution in [2.75, 3.05) is 18.9 Å². The Hall–Kier alpha value is -0.294. The summed E-state index contributed by atoms with van der Waals surface area (Å²) in [5.41, 5.74) is 5.73. The summed E-state index contributed by atoms with van der Waals surface area (Å²) in [6.07, 6.45) is 2.06. The summed E-state index contributed by atoms with van der Waals surface area (Å²) in [5.74, 6) is -0.156. The molecular formula is C10H15KN5O3+. The second kappa shape index (κ2) is 7.48. The minimum atomic E-state index is -0.378. The number of aromatic nitrogens is 4. The number of aromatic amines is 1. The average Bonchev–Trinajstić information content (AvgIpc) is 2.74. The molecule has 0 aliphatic heterocycles. The van der Waals surface area contributed by atoms with E-state index in [1.54, 1.807) is 4.57 Å². The van der Waals surface area contributed by atoms with E-state index in [1.165, 1.54) is 6.33 Å². The Bertz CT molecular complexity index is 592. The number of H-pyrrole nitrogens is 1. The molecule has 0 saturated heterocycles. The van der Waals surface area contributed by atoms with Crippen LogP contribution in [0.1, 0.15) is 6.42 Å². The van der Waals surface area contributed by atoms with Crippen LogP contribution in [0.25, 0.3) is 11.2 Å². The van der Waals surface area contributed by atoms with E-state index < -0.39 is 0 Å². The van der Waals surface area contributed by atoms with Gasteiger partial charge in [0.15, 0.2) is 11.2 Å². The van der Waals surface area contributed by atoms with Crippen LogP contribution < -0.4 is 62.7 Å². The first-order chi connectivity index (χ1) is 8.65. The summed E-state index contributed by atoms with van der Waals surface area (Å²) in [7, 11) is 0. The number of aliphatic hydroxyl groups excluding tert-OH is 2. The molecule has 2 heterocycles. The zero-order valence-electron chi connectivity index (χ0n) is 10.7. The first-order valence-corrected chi connectivity index (χ1v) is 5.58. The smallest absolute Gasteiger partial charge is 0.396 e. The average molecular weight is 292 g/mol. The zero-order valence-corrected chi connectivity index (χ0v) is 13.8. The summed E-state index contributed by atoms with van der Waals surface area (Å²) in [5, 5.41) is 18.0. The van der Waals surface area contributed by atoms with Crippen molar-refractivity contribution in [3.8, 4) is 0 Å². The molecule has 0 aliphatic carbocycles. The first kappa shape index (κ1) is 16.8. The zero-order chi connectivity index (χ0) is 13.1. The fraction of sp³-hybridized carbons (Fsp3) is 0.500. The second-order valence-corrected chi connectivity index (χ2v) is 4.08. The van der Waals surface area contributed by atoms with Crippen molar-refractivity contribution in [3.63, 3.8) is 0 Å². The largest absolute Gasteiger partial charge is 1.00 e. The van der Waals surface area contributed by atoms with Gasteiger partial charge in [0.25, 0.3) is 5.56 Å². The SMILES string of the molecule is Nc1nc2c(ncn2CCC(CO)CO)c(=O)[nH]1.[K+]. The number of aryl methyl sites for hydroxylation is 1. The van der Waals surface area contributed by atoms with Crippen molar-refractivity contribution in [3.05, 3.63) is 16.7 Å². The molecule has 0 fully saturated rings. The van der Waals surface area contributed by atoms with Gasteiger partial charge in [0.1, 0.15) is 0 Å². The number of hydrogen-bond donors (Lipinski definition) is 4. The number of fused-ring (bicyclic) bond motifs is 1. The number of nitrogens with two attached hydrogens (primary N) is 1. The third-order valence-electron chi connectivity index (χ3n) is 2.79. The molecule has 0 aliphatic rings. The minimum absolute atomic E-state index is 0. The number of hydrogen-bond acceptors (Lipinski definition) is 6. The monoisotopic (exact) mass is 292 g/mol. The van der Waals surface area contributed by atoms with E-state index in [-0.39, 0.29) is 87.5 Å². The fourth-order valence-corrected chi connectivity index (χ4v) is 1.70. The number of nitrogens with zero attached hydrogens (tertiary/aromatic N) is 3. The van der Waals surface area contributed by atoms with Crippen molar-refractivity contribution in [2.24, 2.45) is 5.92 Å². The maximum absolute atomic E-state index is 11.5. The molecule has 0 radical (unpaired) electrons. The summed E-state index contributed by atoms with van der Waals surface area (Å²) in [4.78, 5) is 21.9. The number of imidazole rings is 1. The van der Waals surface area contributed by atoms with E-state index in [0.29, 0.717) is 18.6 Å². The summed E-state index contributed by atoms with van der Waals surface area (Å²) in [6.45, 7) is 0.330. The fourth-order valence-electron chi connectivity index (χ4n) is 1.70. The third-order valence-corrected chi connectivity index (χ3v) is 2.79. The molecule has 0 aromatic carbocycles. The van der Waals surface area contributed by atoms with Crippen LogP contribution in [0.5, 0.6) is 0 Å². The Kier molecular flexibility index (Phi) is 6.60. The Morgan fingerprint density at radius 1 is 1.42 bits per heavy atom. The van der Waals surface area contributed by atoms with Gasteiger partial charge in [0.2, 0.25) is 5.95 Å². The Morgan fingerprint density at radius 3 is 2.74 bits per heavy atom. The number of rotatable bonds is 5. The van der Waals surface area contributed by atoms with Gasteiger partial charge in [0.05, 0.1) is 6.33 Å². The van der Waals surface area contributed by atoms with Gasteiger partial charge >= 0.3 is 51.4 Å². The number of anilines is 1. The molecule has 5 N–H and O–H groups in total. The Balaban J connectivity index is 0.00000180. The van der Waals surface area contributed by atoms with Crippen LogP contribution in [-0.4, -0.2) is 42.9 Å². The predicted molar refractivity (Wildman–Crippen MR) is 64.8 cm³/mol. The molecule has 0 saturated carbocycles. The number of nitrogen functional groups attached to an aromatic ring is 1. The van der Waals surface area contributed by atoms with Crippen molar-refractivity contribution >= 4 is 17.1 Å². The van der Waals surface area contributed by atoms with E-state index in [9.17, 15) is 4.79 Å². The summed E-state index contributed by atoms with van der Waals surface area (Å²) in [6, 6.07) is 0. The van der Waals surface area contributed by atoms with E-state index >= 15 is 0 Å². The molecule has 2 aromatic heterocycles. The molecular weight excluding hydrogens is 277 g/mol. The molecule has 98 valence electrons. The van der Waals surface area contributed by atoms with Gasteiger partial charge in [-0.25, -0.2) is 4.98 Å². The predicted octanol–water partition coefficient (Wildman–Crippen LogP) is -4.30. The quantitative estimate of drug-likeness (QED) is 0.413. The van der Waals surface area contributed by atoms with E-state index in [1.807, 2.05) is 0 Å². The van der Waals surface area contributed by atoms with Gasteiger partial charge in [-0.3, -0.25) is 9.78 Å². The van der Waals surface area contributed by atoms with Crippen molar-refractivity contribution < 1.29 is 61.6 Å². The van der Waals surface area contributed by atoms with E-state index in [0.717, 1.165) is 0 Å². The van der Waals surface area contributed by atoms with Crippen LogP contribution in [0.2, 0.25) is 0 Å². The normalized spacial score (nSPS) is 10.9. The number of nitrogens with one attached hydrogen (secondary N) is 1. The molecule has 8 nitrogen and oxygen atoms in total. The molecule has 9 heteroatoms. The summed E-state index contributed by atoms with van der Waals surface area (Å²) < 4.78 is 1.68. The second-order valence-electron chi connectivity index (χ2n) is 4.08. The molecule has 0 atom stereocenters. The molecule has 0 amide bonds. The third kappa shape index (κ3) is 3.84. The minimum Gasteiger partial charge on any atom is -0.396 e. The van der Waals surface area contributed by atoms with Crippen LogP contribution in [0.15, 0.2) is 11.1 Å². The van der Waals surface area contributed by atoms with Crippen LogP contribution in [0.3, 0.4) is 0 Å². The van der Waals surface area contributed by atoms with Gasteiger partial charge < -0.3 is 20.5 Å². The summed E-state index contributed by atoms with van der Waals surface area (Å²) >= 11 is 0. The molecule has 2 aromatic rings. The van der Waals surface area contributed by atoms with Gasteiger partial charge in [-0.2, -0.15) is 4.98 Å². The van der Waals surface area contributed by atoms with Crippen molar-refractivity contribution in [1.82, 2.24) is 19.5 Å². The van der Waals surface area contributed by atoms with Gasteiger partial charge in [-0.15, -0.1) is 0 Å². The van der Waals surface area contributed by atoms with E-state index in [2.05, 4.69) is 15.0 Å². The Labute approximate surface area is 151 Å². The van der Waals surface area contributed by atoms with Crippen molar-refractivity contribution in [2.45, 2.75) is 13.0 Å². The maximum atomic E-state index is 11.5. The van der Waals surface area contributed by atoms with Gasteiger partial charge in [0, 0.05) is 25.7 Å². The molecule has 0 spiro atoms. The van der Waals surface area contributed by atoms with Crippen LogP contribution >= 0.6 is 0 Å². The Morgan fingerprint density at radius 2 is 2.11 bits per heavy atom. The van der Waals surface area contributed by atoms with Gasteiger partial charge in [-0.05, 0) is 6.42 Å². The molecule has 2 rings (SSSR count). The maximum Gasteiger partial charge on any atom is 1.00 e. The van der Waals surface area contributed by atoms with Crippen LogP contribution in [-0.2, 0) is 6.54 Å².